The number of hydrogen-bond donors (Lipinski definition) is 0. The first kappa shape index (κ1) is 26.5. The molecule has 0 radical (unpaired) electrons. The lowest BCUT2D eigenvalue weighted by molar-refractivity contribution is -0.133. The Labute approximate surface area is 209 Å². The third-order valence-corrected chi connectivity index (χ3v) is 6.88. The predicted molar refractivity (Wildman–Crippen MR) is 138 cm³/mol. The van der Waals surface area contributed by atoms with Crippen molar-refractivity contribution in [1.82, 2.24) is 24.6 Å². The van der Waals surface area contributed by atoms with Crippen molar-refractivity contribution in [3.05, 3.63) is 29.4 Å². The van der Waals surface area contributed by atoms with E-state index in [-0.39, 0.29) is 0 Å². The molecule has 0 aliphatic carbocycles. The molecule has 1 aliphatic rings. The molecule has 2 aromatic rings. The van der Waals surface area contributed by atoms with Crippen molar-refractivity contribution >= 4 is 18.1 Å². The first-order valence-electron chi connectivity index (χ1n) is 13.2. The van der Waals surface area contributed by atoms with Crippen LogP contribution in [0, 0.1) is 4.84 Å². The quantitative estimate of drug-likeness (QED) is 0.224. The molecule has 1 amide bonds. The molecule has 34 heavy (non-hydrogen) atoms. The summed E-state index contributed by atoms with van der Waals surface area (Å²) in [4.78, 5) is 21.3. The van der Waals surface area contributed by atoms with Gasteiger partial charge in [-0.05, 0) is 30.8 Å². The van der Waals surface area contributed by atoms with Crippen LogP contribution in [0.1, 0.15) is 84.0 Å². The summed E-state index contributed by atoms with van der Waals surface area (Å²) in [7, 11) is 0. The second kappa shape index (κ2) is 15.0. The second-order valence-corrected chi connectivity index (χ2v) is 9.68. The van der Waals surface area contributed by atoms with Gasteiger partial charge in [0.1, 0.15) is 0 Å². The van der Waals surface area contributed by atoms with Crippen LogP contribution in [-0.2, 0) is 11.5 Å². The van der Waals surface area contributed by atoms with E-state index in [0.29, 0.717) is 29.7 Å². The number of amides is 1. The van der Waals surface area contributed by atoms with Crippen LogP contribution in [0.2, 0.25) is 0 Å². The maximum Gasteiger partial charge on any atom is 0.288 e. The van der Waals surface area contributed by atoms with Gasteiger partial charge in [0, 0.05) is 50.6 Å². The molecule has 0 saturated carbocycles. The molecule has 0 N–H and O–H groups in total. The van der Waals surface area contributed by atoms with Crippen LogP contribution in [0.25, 0.3) is 11.5 Å². The third kappa shape index (κ3) is 8.95. The first-order chi connectivity index (χ1) is 16.7. The highest BCUT2D eigenvalue weighted by molar-refractivity contribution is 7.71. The average molecular weight is 488 g/mol. The molecule has 188 valence electrons. The van der Waals surface area contributed by atoms with E-state index in [0.717, 1.165) is 38.2 Å². The molecule has 0 aromatic carbocycles. The Hall–Kier alpha value is -2.06. The SMILES string of the molecule is CCCCCCCCCCCCCC(=O)N1CCN(Cn2nc(-c3ccncc3)oc2=S)CC1. The summed E-state index contributed by atoms with van der Waals surface area (Å²) < 4.78 is 7.37. The molecule has 1 saturated heterocycles. The van der Waals surface area contributed by atoms with Gasteiger partial charge >= 0.3 is 0 Å². The lowest BCUT2D eigenvalue weighted by Gasteiger charge is -2.34. The summed E-state index contributed by atoms with van der Waals surface area (Å²) in [5, 5.41) is 4.52. The van der Waals surface area contributed by atoms with Crippen molar-refractivity contribution in [3.8, 4) is 11.5 Å². The van der Waals surface area contributed by atoms with Gasteiger partial charge in [0.05, 0.1) is 6.67 Å². The maximum atomic E-state index is 12.6. The summed E-state index contributed by atoms with van der Waals surface area (Å²) in [6.07, 6.45) is 18.5. The van der Waals surface area contributed by atoms with Crippen LogP contribution in [0.3, 0.4) is 0 Å². The highest BCUT2D eigenvalue weighted by Crippen LogP contribution is 2.17. The van der Waals surface area contributed by atoms with Gasteiger partial charge in [0.25, 0.3) is 4.84 Å². The minimum atomic E-state index is 0.300. The lowest BCUT2D eigenvalue weighted by atomic mass is 10.1. The zero-order valence-electron chi connectivity index (χ0n) is 20.8. The maximum absolute atomic E-state index is 12.6. The highest BCUT2D eigenvalue weighted by atomic mass is 32.1. The smallest absolute Gasteiger partial charge is 0.288 e. The zero-order chi connectivity index (χ0) is 24.0. The Morgan fingerprint density at radius 2 is 1.50 bits per heavy atom. The predicted octanol–water partition coefficient (Wildman–Crippen LogP) is 6.07. The number of carbonyl (C=O) groups is 1. The van der Waals surface area contributed by atoms with Crippen molar-refractivity contribution in [2.24, 2.45) is 0 Å². The van der Waals surface area contributed by atoms with Gasteiger partial charge in [0.2, 0.25) is 11.8 Å². The zero-order valence-corrected chi connectivity index (χ0v) is 21.6. The van der Waals surface area contributed by atoms with E-state index in [1.54, 1.807) is 17.1 Å². The number of carbonyl (C=O) groups excluding carboxylic acids is 1. The topological polar surface area (TPSA) is 67.4 Å². The number of nitrogens with zero attached hydrogens (tertiary/aromatic N) is 5. The standard InChI is InChI=1S/C26H41N5O2S/c1-2-3-4-5-6-7-8-9-10-11-12-13-24(32)30-20-18-29(19-21-30)22-31-26(34)33-25(28-31)23-14-16-27-17-15-23/h14-17H,2-13,18-22H2,1H3. The third-order valence-electron chi connectivity index (χ3n) is 6.59. The summed E-state index contributed by atoms with van der Waals surface area (Å²) >= 11 is 5.35. The minimum absolute atomic E-state index is 0.300. The van der Waals surface area contributed by atoms with E-state index in [4.69, 9.17) is 16.6 Å². The van der Waals surface area contributed by atoms with Crippen LogP contribution >= 0.6 is 12.2 Å². The van der Waals surface area contributed by atoms with Gasteiger partial charge in [0.15, 0.2) is 0 Å². The molecular weight excluding hydrogens is 446 g/mol. The fourth-order valence-corrected chi connectivity index (χ4v) is 4.61. The Kier molecular flexibility index (Phi) is 11.7. The van der Waals surface area contributed by atoms with E-state index in [1.165, 1.54) is 64.2 Å². The number of hydrogen-bond acceptors (Lipinski definition) is 6. The molecule has 0 atom stereocenters. The van der Waals surface area contributed by atoms with Crippen molar-refractivity contribution in [2.45, 2.75) is 90.6 Å². The van der Waals surface area contributed by atoms with E-state index in [1.807, 2.05) is 17.0 Å². The summed E-state index contributed by atoms with van der Waals surface area (Å²) in [5.41, 5.74) is 0.859. The monoisotopic (exact) mass is 487 g/mol. The first-order valence-corrected chi connectivity index (χ1v) is 13.6. The highest BCUT2D eigenvalue weighted by Gasteiger charge is 2.21. The Balaban J connectivity index is 1.26. The molecule has 0 spiro atoms. The Bertz CT molecular complexity index is 890. The molecule has 1 fully saturated rings. The number of aromatic nitrogens is 3. The van der Waals surface area contributed by atoms with Gasteiger partial charge in [-0.3, -0.25) is 14.7 Å². The van der Waals surface area contributed by atoms with Gasteiger partial charge in [-0.15, -0.1) is 5.10 Å². The van der Waals surface area contributed by atoms with Crippen molar-refractivity contribution in [1.29, 1.82) is 0 Å². The fourth-order valence-electron chi connectivity index (χ4n) is 4.43. The number of pyridine rings is 1. The van der Waals surface area contributed by atoms with Gasteiger partial charge in [-0.25, -0.2) is 4.68 Å². The molecule has 3 heterocycles. The lowest BCUT2D eigenvalue weighted by Crippen LogP contribution is -2.49. The summed E-state index contributed by atoms with van der Waals surface area (Å²) in [6, 6.07) is 3.70. The molecule has 0 bridgehead atoms. The molecule has 8 heteroatoms. The number of unbranched alkanes of at least 4 members (excludes halogenated alkanes) is 10. The van der Waals surface area contributed by atoms with Crippen LogP contribution < -0.4 is 0 Å². The second-order valence-electron chi connectivity index (χ2n) is 9.33. The van der Waals surface area contributed by atoms with Crippen molar-refractivity contribution in [2.75, 3.05) is 26.2 Å². The Morgan fingerprint density at radius 1 is 0.912 bits per heavy atom. The average Bonchev–Trinajstić information content (AvgIpc) is 3.23. The molecule has 3 rings (SSSR count). The normalized spacial score (nSPS) is 14.6. The van der Waals surface area contributed by atoms with E-state index in [9.17, 15) is 4.79 Å². The summed E-state index contributed by atoms with van der Waals surface area (Å²) in [6.45, 7) is 6.01. The molecule has 1 aliphatic heterocycles. The molecule has 0 unspecified atom stereocenters. The van der Waals surface area contributed by atoms with Gasteiger partial charge in [-0.2, -0.15) is 0 Å². The van der Waals surface area contributed by atoms with E-state index >= 15 is 0 Å². The number of rotatable bonds is 15. The largest absolute Gasteiger partial charge is 0.409 e. The Morgan fingerprint density at radius 3 is 2.12 bits per heavy atom. The minimum Gasteiger partial charge on any atom is -0.409 e. The van der Waals surface area contributed by atoms with Crippen LogP contribution in [0.15, 0.2) is 28.9 Å². The molecule has 2 aromatic heterocycles. The van der Waals surface area contributed by atoms with Crippen molar-refractivity contribution < 1.29 is 9.21 Å². The van der Waals surface area contributed by atoms with Crippen LogP contribution in [0.5, 0.6) is 0 Å². The molecular formula is C26H41N5O2S. The fraction of sp³-hybridized carbons (Fsp3) is 0.692. The van der Waals surface area contributed by atoms with Crippen molar-refractivity contribution in [3.63, 3.8) is 0 Å². The number of piperazine rings is 1. The van der Waals surface area contributed by atoms with Crippen LogP contribution in [0.4, 0.5) is 0 Å². The summed E-state index contributed by atoms with van der Waals surface area (Å²) in [5.74, 6) is 0.807. The molecule has 7 nitrogen and oxygen atoms in total. The van der Waals surface area contributed by atoms with Gasteiger partial charge < -0.3 is 9.32 Å². The van der Waals surface area contributed by atoms with Crippen LogP contribution in [-0.4, -0.2) is 56.7 Å². The van der Waals surface area contributed by atoms with E-state index in [2.05, 4.69) is 21.9 Å². The van der Waals surface area contributed by atoms with Gasteiger partial charge in [-0.1, -0.05) is 71.1 Å². The van der Waals surface area contributed by atoms with E-state index < -0.39 is 0 Å².